The van der Waals surface area contributed by atoms with Crippen molar-refractivity contribution in [1.82, 2.24) is 15.1 Å². The number of nitrogens with one attached hydrogen (secondary N) is 2. The van der Waals surface area contributed by atoms with E-state index in [-0.39, 0.29) is 17.9 Å². The van der Waals surface area contributed by atoms with Gasteiger partial charge in [0, 0.05) is 18.7 Å². The molecule has 0 spiro atoms. The predicted molar refractivity (Wildman–Crippen MR) is 62.2 cm³/mol. The topological polar surface area (TPSA) is 59.0 Å². The van der Waals surface area contributed by atoms with Gasteiger partial charge in [0.1, 0.15) is 5.82 Å². The van der Waals surface area contributed by atoms with Crippen LogP contribution in [0, 0.1) is 5.92 Å². The smallest absolute Gasteiger partial charge is 0.229 e. The Labute approximate surface area is 95.2 Å². The average Bonchev–Trinajstić information content (AvgIpc) is 2.86. The third-order valence-electron chi connectivity index (χ3n) is 2.84. The van der Waals surface area contributed by atoms with Gasteiger partial charge in [0.05, 0.1) is 12.1 Å². The Balaban J connectivity index is 2.02. The van der Waals surface area contributed by atoms with E-state index in [0.717, 1.165) is 25.3 Å². The van der Waals surface area contributed by atoms with Crippen molar-refractivity contribution in [2.24, 2.45) is 5.92 Å². The van der Waals surface area contributed by atoms with Gasteiger partial charge in [-0.15, -0.1) is 0 Å². The Kier molecular flexibility index (Phi) is 3.24. The van der Waals surface area contributed by atoms with Gasteiger partial charge in [-0.3, -0.25) is 4.79 Å². The molecule has 1 aliphatic heterocycles. The molecule has 2 N–H and O–H groups in total. The number of carbonyl (C=O) groups is 1. The third-order valence-corrected chi connectivity index (χ3v) is 2.84. The summed E-state index contributed by atoms with van der Waals surface area (Å²) in [7, 11) is 0. The molecule has 0 aliphatic carbocycles. The van der Waals surface area contributed by atoms with Gasteiger partial charge >= 0.3 is 0 Å². The second-order valence-corrected chi connectivity index (χ2v) is 4.43. The van der Waals surface area contributed by atoms with Crippen LogP contribution in [0.25, 0.3) is 0 Å². The van der Waals surface area contributed by atoms with Gasteiger partial charge in [0.25, 0.3) is 0 Å². The molecule has 5 nitrogen and oxygen atoms in total. The monoisotopic (exact) mass is 222 g/mol. The van der Waals surface area contributed by atoms with Crippen molar-refractivity contribution in [1.29, 1.82) is 0 Å². The summed E-state index contributed by atoms with van der Waals surface area (Å²) in [6.07, 6.45) is 2.63. The number of aromatic nitrogens is 2. The summed E-state index contributed by atoms with van der Waals surface area (Å²) in [5.74, 6) is 0.967. The van der Waals surface area contributed by atoms with Gasteiger partial charge in [0.15, 0.2) is 0 Å². The molecule has 2 rings (SSSR count). The first-order valence-corrected chi connectivity index (χ1v) is 5.73. The molecule has 5 heteroatoms. The molecule has 88 valence electrons. The molecular weight excluding hydrogens is 204 g/mol. The van der Waals surface area contributed by atoms with Crippen molar-refractivity contribution >= 4 is 11.7 Å². The van der Waals surface area contributed by atoms with E-state index in [9.17, 15) is 4.79 Å². The molecular formula is C11H18N4O. The van der Waals surface area contributed by atoms with Crippen LogP contribution in [0.15, 0.2) is 12.3 Å². The largest absolute Gasteiger partial charge is 0.316 e. The van der Waals surface area contributed by atoms with Crippen LogP contribution in [-0.2, 0) is 4.79 Å². The standard InChI is InChI=1S/C11H18N4O/c1-8(2)15-10(4-6-13-15)14-11(16)9-3-5-12-7-9/h4,6,8-9,12H,3,5,7H2,1-2H3,(H,14,16). The molecule has 1 saturated heterocycles. The molecule has 0 saturated carbocycles. The number of hydrogen-bond donors (Lipinski definition) is 2. The number of amides is 1. The first kappa shape index (κ1) is 11.1. The quantitative estimate of drug-likeness (QED) is 0.802. The van der Waals surface area contributed by atoms with Gasteiger partial charge in [-0.1, -0.05) is 0 Å². The highest BCUT2D eigenvalue weighted by atomic mass is 16.2. The highest BCUT2D eigenvalue weighted by molar-refractivity contribution is 5.92. The fraction of sp³-hybridized carbons (Fsp3) is 0.636. The molecule has 1 aliphatic rings. The van der Waals surface area contributed by atoms with Crippen molar-refractivity contribution < 1.29 is 4.79 Å². The zero-order chi connectivity index (χ0) is 11.5. The minimum Gasteiger partial charge on any atom is -0.316 e. The summed E-state index contributed by atoms with van der Waals surface area (Å²) in [5.41, 5.74) is 0. The summed E-state index contributed by atoms with van der Waals surface area (Å²) < 4.78 is 1.82. The van der Waals surface area contributed by atoms with E-state index in [1.165, 1.54) is 0 Å². The normalized spacial score (nSPS) is 20.3. The summed E-state index contributed by atoms with van der Waals surface area (Å²) in [4.78, 5) is 11.9. The molecule has 1 amide bonds. The lowest BCUT2D eigenvalue weighted by Crippen LogP contribution is -2.26. The van der Waals surface area contributed by atoms with E-state index in [1.54, 1.807) is 6.20 Å². The van der Waals surface area contributed by atoms with E-state index >= 15 is 0 Å². The summed E-state index contributed by atoms with van der Waals surface area (Å²) in [6.45, 7) is 5.79. The highest BCUT2D eigenvalue weighted by Crippen LogP contribution is 2.16. The lowest BCUT2D eigenvalue weighted by Gasteiger charge is -2.13. The lowest BCUT2D eigenvalue weighted by molar-refractivity contribution is -0.119. The molecule has 1 atom stereocenters. The zero-order valence-electron chi connectivity index (χ0n) is 9.73. The second kappa shape index (κ2) is 4.65. The van der Waals surface area contributed by atoms with Crippen molar-refractivity contribution in [2.45, 2.75) is 26.3 Å². The minimum absolute atomic E-state index is 0.0902. The van der Waals surface area contributed by atoms with Crippen LogP contribution in [0.3, 0.4) is 0 Å². The number of rotatable bonds is 3. The van der Waals surface area contributed by atoms with Crippen LogP contribution in [0.5, 0.6) is 0 Å². The Morgan fingerprint density at radius 1 is 1.69 bits per heavy atom. The van der Waals surface area contributed by atoms with Crippen LogP contribution in [0.4, 0.5) is 5.82 Å². The summed E-state index contributed by atoms with van der Waals surface area (Å²) in [5, 5.41) is 10.3. The van der Waals surface area contributed by atoms with Crippen LogP contribution >= 0.6 is 0 Å². The van der Waals surface area contributed by atoms with E-state index in [4.69, 9.17) is 0 Å². The Hall–Kier alpha value is -1.36. The molecule has 0 bridgehead atoms. The molecule has 1 aromatic rings. The van der Waals surface area contributed by atoms with Crippen LogP contribution in [0.1, 0.15) is 26.3 Å². The van der Waals surface area contributed by atoms with Crippen LogP contribution in [0.2, 0.25) is 0 Å². The van der Waals surface area contributed by atoms with Gasteiger partial charge < -0.3 is 10.6 Å². The van der Waals surface area contributed by atoms with Crippen molar-refractivity contribution in [3.8, 4) is 0 Å². The molecule has 1 unspecified atom stereocenters. The molecule has 2 heterocycles. The Morgan fingerprint density at radius 3 is 3.12 bits per heavy atom. The van der Waals surface area contributed by atoms with Gasteiger partial charge in [-0.05, 0) is 26.8 Å². The predicted octanol–water partition coefficient (Wildman–Crippen LogP) is 1.01. The number of carbonyl (C=O) groups excluding carboxylic acids is 1. The van der Waals surface area contributed by atoms with E-state index < -0.39 is 0 Å². The van der Waals surface area contributed by atoms with Crippen molar-refractivity contribution in [3.05, 3.63) is 12.3 Å². The first-order chi connectivity index (χ1) is 7.68. The highest BCUT2D eigenvalue weighted by Gasteiger charge is 2.23. The fourth-order valence-electron chi connectivity index (χ4n) is 1.93. The van der Waals surface area contributed by atoms with Crippen molar-refractivity contribution in [3.63, 3.8) is 0 Å². The molecule has 16 heavy (non-hydrogen) atoms. The first-order valence-electron chi connectivity index (χ1n) is 5.73. The SMILES string of the molecule is CC(C)n1nccc1NC(=O)C1CCNC1. The van der Waals surface area contributed by atoms with Gasteiger partial charge in [0.2, 0.25) is 5.91 Å². The number of anilines is 1. The molecule has 0 aromatic carbocycles. The minimum atomic E-state index is 0.0902. The summed E-state index contributed by atoms with van der Waals surface area (Å²) >= 11 is 0. The third kappa shape index (κ3) is 2.24. The lowest BCUT2D eigenvalue weighted by atomic mass is 10.1. The zero-order valence-corrected chi connectivity index (χ0v) is 9.73. The van der Waals surface area contributed by atoms with Crippen molar-refractivity contribution in [2.75, 3.05) is 18.4 Å². The average molecular weight is 222 g/mol. The fourth-order valence-corrected chi connectivity index (χ4v) is 1.93. The number of nitrogens with zero attached hydrogens (tertiary/aromatic N) is 2. The Morgan fingerprint density at radius 2 is 2.50 bits per heavy atom. The second-order valence-electron chi connectivity index (χ2n) is 4.43. The van der Waals surface area contributed by atoms with E-state index in [2.05, 4.69) is 15.7 Å². The van der Waals surface area contributed by atoms with E-state index in [1.807, 2.05) is 24.6 Å². The molecule has 1 fully saturated rings. The number of hydrogen-bond acceptors (Lipinski definition) is 3. The molecule has 0 radical (unpaired) electrons. The van der Waals surface area contributed by atoms with Gasteiger partial charge in [-0.2, -0.15) is 5.10 Å². The maximum atomic E-state index is 11.9. The van der Waals surface area contributed by atoms with E-state index in [0.29, 0.717) is 0 Å². The van der Waals surface area contributed by atoms with Crippen LogP contribution in [-0.4, -0.2) is 28.8 Å². The maximum Gasteiger partial charge on any atom is 0.229 e. The maximum absolute atomic E-state index is 11.9. The van der Waals surface area contributed by atoms with Crippen LogP contribution < -0.4 is 10.6 Å². The summed E-state index contributed by atoms with van der Waals surface area (Å²) in [6, 6.07) is 2.09. The Bertz CT molecular complexity index is 366. The molecule has 1 aromatic heterocycles. The van der Waals surface area contributed by atoms with Gasteiger partial charge in [-0.25, -0.2) is 4.68 Å².